The molecule has 0 saturated carbocycles. The summed E-state index contributed by atoms with van der Waals surface area (Å²) in [6.45, 7) is 2.46. The van der Waals surface area contributed by atoms with Crippen LogP contribution in [-0.4, -0.2) is 37.9 Å². The number of hydrogen-bond donors (Lipinski definition) is 0. The van der Waals surface area contributed by atoms with Crippen molar-refractivity contribution >= 4 is 19.7 Å². The molecule has 2 heterocycles. The summed E-state index contributed by atoms with van der Waals surface area (Å²) < 4.78 is 25.4. The van der Waals surface area contributed by atoms with E-state index < -0.39 is 9.05 Å². The van der Waals surface area contributed by atoms with Crippen LogP contribution in [0, 0.1) is 0 Å². The van der Waals surface area contributed by atoms with Gasteiger partial charge in [-0.05, 0) is 6.92 Å². The Morgan fingerprint density at radius 3 is 2.71 bits per heavy atom. The molecule has 0 amide bonds. The van der Waals surface area contributed by atoms with Crippen molar-refractivity contribution in [2.75, 3.05) is 0 Å². The van der Waals surface area contributed by atoms with Crippen molar-refractivity contribution in [1.82, 2.24) is 29.5 Å². The largest absolute Gasteiger partial charge is 0.300 e. The summed E-state index contributed by atoms with van der Waals surface area (Å²) >= 11 is 0. The van der Waals surface area contributed by atoms with Crippen LogP contribution in [0.3, 0.4) is 0 Å². The van der Waals surface area contributed by atoms with E-state index in [-0.39, 0.29) is 11.7 Å². The first-order valence-corrected chi connectivity index (χ1v) is 7.02. The van der Waals surface area contributed by atoms with Gasteiger partial charge in [-0.1, -0.05) is 0 Å². The van der Waals surface area contributed by atoms with Crippen molar-refractivity contribution < 1.29 is 8.42 Å². The number of nitrogens with zero attached hydrogens (tertiary/aromatic N) is 6. The van der Waals surface area contributed by atoms with Crippen molar-refractivity contribution in [3.8, 4) is 0 Å². The van der Waals surface area contributed by atoms with Crippen LogP contribution in [0.15, 0.2) is 17.8 Å². The summed E-state index contributed by atoms with van der Waals surface area (Å²) in [5.74, 6) is 0.456. The number of hydrogen-bond acceptors (Lipinski definition) is 6. The topological polar surface area (TPSA) is 95.6 Å². The molecule has 0 N–H and O–H groups in total. The molecule has 0 aliphatic rings. The lowest BCUT2D eigenvalue weighted by Crippen LogP contribution is -2.11. The highest BCUT2D eigenvalue weighted by Crippen LogP contribution is 2.14. The number of aromatic nitrogens is 6. The summed E-state index contributed by atoms with van der Waals surface area (Å²) in [4.78, 5) is 3.78. The van der Waals surface area contributed by atoms with E-state index in [0.717, 1.165) is 0 Å². The van der Waals surface area contributed by atoms with Gasteiger partial charge in [-0.25, -0.2) is 18.1 Å². The van der Waals surface area contributed by atoms with Gasteiger partial charge in [0.2, 0.25) is 0 Å². The van der Waals surface area contributed by atoms with E-state index in [9.17, 15) is 8.42 Å². The second-order valence-electron chi connectivity index (χ2n) is 3.17. The Bertz CT molecular complexity index is 604. The first-order chi connectivity index (χ1) is 8.02. The number of halogens is 1. The van der Waals surface area contributed by atoms with Crippen molar-refractivity contribution in [2.24, 2.45) is 0 Å². The van der Waals surface area contributed by atoms with Crippen LogP contribution in [0.4, 0.5) is 0 Å². The molecular formula is C7H9ClN6O2S. The van der Waals surface area contributed by atoms with Crippen LogP contribution < -0.4 is 0 Å². The Hall–Kier alpha value is -1.48. The van der Waals surface area contributed by atoms with Crippen LogP contribution in [-0.2, 0) is 22.1 Å². The SMILES string of the molecule is CCn1c(Cn2cncn2)nnc1S(=O)(=O)Cl. The Morgan fingerprint density at radius 1 is 1.41 bits per heavy atom. The third kappa shape index (κ3) is 2.44. The zero-order valence-electron chi connectivity index (χ0n) is 8.85. The minimum atomic E-state index is -3.89. The molecule has 10 heteroatoms. The lowest BCUT2D eigenvalue weighted by molar-refractivity contribution is 0.559. The fourth-order valence-electron chi connectivity index (χ4n) is 1.39. The zero-order chi connectivity index (χ0) is 12.5. The van der Waals surface area contributed by atoms with E-state index in [1.807, 2.05) is 0 Å². The molecule has 8 nitrogen and oxygen atoms in total. The molecule has 0 bridgehead atoms. The molecule has 0 fully saturated rings. The predicted octanol–water partition coefficient (Wildman–Crippen LogP) is -0.135. The molecule has 0 aliphatic carbocycles. The van der Waals surface area contributed by atoms with Gasteiger partial charge in [0.05, 0.1) is 0 Å². The lowest BCUT2D eigenvalue weighted by atomic mass is 10.5. The summed E-state index contributed by atoms with van der Waals surface area (Å²) in [6, 6.07) is 0. The van der Waals surface area contributed by atoms with Crippen molar-refractivity contribution in [3.63, 3.8) is 0 Å². The maximum atomic E-state index is 11.2. The summed E-state index contributed by atoms with van der Waals surface area (Å²) in [5.41, 5.74) is 0. The Labute approximate surface area is 102 Å². The van der Waals surface area contributed by atoms with Crippen molar-refractivity contribution in [3.05, 3.63) is 18.5 Å². The molecule has 2 rings (SSSR count). The molecule has 92 valence electrons. The average Bonchev–Trinajstić information content (AvgIpc) is 2.85. The molecule has 2 aromatic rings. The zero-order valence-corrected chi connectivity index (χ0v) is 10.4. The molecule has 0 saturated heterocycles. The lowest BCUT2D eigenvalue weighted by Gasteiger charge is -2.04. The molecular weight excluding hydrogens is 268 g/mol. The van der Waals surface area contributed by atoms with E-state index in [1.54, 1.807) is 6.92 Å². The van der Waals surface area contributed by atoms with E-state index in [1.165, 1.54) is 21.9 Å². The molecule has 0 aliphatic heterocycles. The van der Waals surface area contributed by atoms with Gasteiger partial charge in [0, 0.05) is 17.2 Å². The number of rotatable bonds is 4. The first kappa shape index (κ1) is 12.0. The Morgan fingerprint density at radius 2 is 2.18 bits per heavy atom. The quantitative estimate of drug-likeness (QED) is 0.722. The Kier molecular flexibility index (Phi) is 3.11. The standard InChI is InChI=1S/C7H9ClN6O2S/c1-2-14-6(3-13-5-9-4-10-13)11-12-7(14)17(8,15)16/h4-5H,2-3H2,1H3. The summed E-state index contributed by atoms with van der Waals surface area (Å²) in [5, 5.41) is 11.0. The minimum absolute atomic E-state index is 0.253. The third-order valence-corrected chi connectivity index (χ3v) is 3.25. The van der Waals surface area contributed by atoms with Crippen LogP contribution in [0.5, 0.6) is 0 Å². The van der Waals surface area contributed by atoms with Gasteiger partial charge in [-0.15, -0.1) is 10.2 Å². The normalized spacial score (nSPS) is 11.9. The summed E-state index contributed by atoms with van der Waals surface area (Å²) in [6.07, 6.45) is 2.88. The van der Waals surface area contributed by atoms with Gasteiger partial charge in [0.15, 0.2) is 5.82 Å². The van der Waals surface area contributed by atoms with E-state index in [0.29, 0.717) is 12.4 Å². The van der Waals surface area contributed by atoms with E-state index in [4.69, 9.17) is 10.7 Å². The summed E-state index contributed by atoms with van der Waals surface area (Å²) in [7, 11) is 1.36. The molecule has 0 spiro atoms. The molecule has 0 radical (unpaired) electrons. The van der Waals surface area contributed by atoms with Gasteiger partial charge in [0.25, 0.3) is 14.2 Å². The fraction of sp³-hybridized carbons (Fsp3) is 0.429. The third-order valence-electron chi connectivity index (χ3n) is 2.10. The highest BCUT2D eigenvalue weighted by atomic mass is 35.7. The molecule has 2 aromatic heterocycles. The highest BCUT2D eigenvalue weighted by Gasteiger charge is 2.21. The molecule has 17 heavy (non-hydrogen) atoms. The monoisotopic (exact) mass is 276 g/mol. The first-order valence-electron chi connectivity index (χ1n) is 4.71. The van der Waals surface area contributed by atoms with Crippen LogP contribution >= 0.6 is 10.7 Å². The van der Waals surface area contributed by atoms with Gasteiger partial charge in [-0.3, -0.25) is 4.57 Å². The van der Waals surface area contributed by atoms with Gasteiger partial charge in [-0.2, -0.15) is 5.10 Å². The van der Waals surface area contributed by atoms with E-state index in [2.05, 4.69) is 20.3 Å². The van der Waals surface area contributed by atoms with Gasteiger partial charge >= 0.3 is 0 Å². The maximum absolute atomic E-state index is 11.2. The van der Waals surface area contributed by atoms with E-state index >= 15 is 0 Å². The van der Waals surface area contributed by atoms with Crippen LogP contribution in [0.1, 0.15) is 12.7 Å². The maximum Gasteiger partial charge on any atom is 0.296 e. The predicted molar refractivity (Wildman–Crippen MR) is 57.9 cm³/mol. The minimum Gasteiger partial charge on any atom is -0.300 e. The van der Waals surface area contributed by atoms with Crippen molar-refractivity contribution in [2.45, 2.75) is 25.2 Å². The van der Waals surface area contributed by atoms with Gasteiger partial charge in [0.1, 0.15) is 19.2 Å². The van der Waals surface area contributed by atoms with Gasteiger partial charge < -0.3 is 0 Å². The van der Waals surface area contributed by atoms with Crippen LogP contribution in [0.25, 0.3) is 0 Å². The fourth-order valence-corrected chi connectivity index (χ4v) is 2.37. The van der Waals surface area contributed by atoms with Crippen LogP contribution in [0.2, 0.25) is 0 Å². The van der Waals surface area contributed by atoms with Crippen molar-refractivity contribution in [1.29, 1.82) is 0 Å². The highest BCUT2D eigenvalue weighted by molar-refractivity contribution is 8.13. The molecule has 0 unspecified atom stereocenters. The smallest absolute Gasteiger partial charge is 0.296 e. The Balaban J connectivity index is 2.40. The second-order valence-corrected chi connectivity index (χ2v) is 5.63. The molecule has 0 atom stereocenters. The molecule has 0 aromatic carbocycles. The average molecular weight is 277 g/mol. The second kappa shape index (κ2) is 4.41.